The molecule has 0 saturated carbocycles. The van der Waals surface area contributed by atoms with Crippen molar-refractivity contribution in [1.82, 2.24) is 0 Å². The second-order valence-electron chi connectivity index (χ2n) is 4.02. The number of ether oxygens (including phenoxy) is 1. The van der Waals surface area contributed by atoms with Crippen molar-refractivity contribution in [2.75, 3.05) is 7.11 Å². The van der Waals surface area contributed by atoms with Crippen molar-refractivity contribution in [2.45, 2.75) is 6.42 Å². The quantitative estimate of drug-likeness (QED) is 0.364. The van der Waals surface area contributed by atoms with Gasteiger partial charge in [-0.1, -0.05) is 23.4 Å². The van der Waals surface area contributed by atoms with Crippen LogP contribution in [0.4, 0.5) is 0 Å². The molecule has 0 unspecified atom stereocenters. The molecule has 0 fully saturated rings. The van der Waals surface area contributed by atoms with Crippen LogP contribution in [-0.4, -0.2) is 18.9 Å². The number of methoxy groups -OCH3 is 1. The monoisotopic (exact) mass is 291 g/mol. The minimum atomic E-state index is -0.447. The first-order valence-corrected chi connectivity index (χ1v) is 6.82. The lowest BCUT2D eigenvalue weighted by atomic mass is 10.1. The molecule has 5 nitrogen and oxygen atoms in total. The summed E-state index contributed by atoms with van der Waals surface area (Å²) in [7, 11) is 1.61. The maximum atomic E-state index is 11.6. The second-order valence-corrected chi connectivity index (χ2v) is 4.97. The number of hydrogen-bond donors (Lipinski definition) is 2. The Balaban J connectivity index is 1.91. The van der Waals surface area contributed by atoms with E-state index in [1.54, 1.807) is 24.6 Å². The third kappa shape index (κ3) is 3.83. The zero-order valence-electron chi connectivity index (χ0n) is 11.0. The molecule has 1 aromatic carbocycles. The first kappa shape index (κ1) is 14.1. The fourth-order valence-corrected chi connectivity index (χ4v) is 2.16. The minimum Gasteiger partial charge on any atom is -0.497 e. The molecule has 0 aliphatic heterocycles. The van der Waals surface area contributed by atoms with Crippen molar-refractivity contribution in [1.29, 1.82) is 0 Å². The predicted molar refractivity (Wildman–Crippen MR) is 76.6 cm³/mol. The van der Waals surface area contributed by atoms with Gasteiger partial charge in [0.25, 0.3) is 5.84 Å². The molecule has 0 aliphatic rings. The maximum Gasteiger partial charge on any atom is 0.397 e. The van der Waals surface area contributed by atoms with E-state index in [0.29, 0.717) is 17.1 Å². The van der Waals surface area contributed by atoms with Gasteiger partial charge in [-0.25, -0.2) is 4.79 Å². The Hall–Kier alpha value is -2.34. The number of benzene rings is 1. The summed E-state index contributed by atoms with van der Waals surface area (Å²) in [5.41, 5.74) is 6.77. The van der Waals surface area contributed by atoms with Gasteiger partial charge in [-0.2, -0.15) is 0 Å². The van der Waals surface area contributed by atoms with Gasteiger partial charge in [0.1, 0.15) is 10.6 Å². The molecule has 104 valence electrons. The molecule has 1 aromatic heterocycles. The normalized spacial score (nSPS) is 11.2. The van der Waals surface area contributed by atoms with Gasteiger partial charge in [-0.15, -0.1) is 11.3 Å². The van der Waals surface area contributed by atoms with Crippen molar-refractivity contribution in [3.05, 3.63) is 52.2 Å². The van der Waals surface area contributed by atoms with Crippen LogP contribution in [-0.2, 0) is 11.3 Å². The Bertz CT molecular complexity index is 591. The Morgan fingerprint density at radius 1 is 1.30 bits per heavy atom. The zero-order chi connectivity index (χ0) is 14.4. The summed E-state index contributed by atoms with van der Waals surface area (Å²) in [5, 5.41) is 4.27. The lowest BCUT2D eigenvalue weighted by molar-refractivity contribution is -0.722. The van der Waals surface area contributed by atoms with Crippen LogP contribution in [0.1, 0.15) is 15.2 Å². The third-order valence-electron chi connectivity index (χ3n) is 2.55. The fourth-order valence-electron chi connectivity index (χ4n) is 1.56. The van der Waals surface area contributed by atoms with Crippen molar-refractivity contribution in [3.8, 4) is 5.75 Å². The van der Waals surface area contributed by atoms with E-state index in [1.807, 2.05) is 24.3 Å². The molecule has 0 radical (unpaired) electrons. The summed E-state index contributed by atoms with van der Waals surface area (Å²) in [4.78, 5) is 17.0. The number of amidine groups is 1. The van der Waals surface area contributed by atoms with Crippen LogP contribution in [0.25, 0.3) is 0 Å². The van der Waals surface area contributed by atoms with Crippen LogP contribution >= 0.6 is 11.3 Å². The molecule has 0 atom stereocenters. The number of nitrogens with two attached hydrogens (primary N) is 1. The maximum absolute atomic E-state index is 11.6. The molecule has 0 saturated heterocycles. The molecule has 1 heterocycles. The number of carbonyl (C=O) groups excluding carboxylic acids is 1. The van der Waals surface area contributed by atoms with E-state index in [1.165, 1.54) is 11.3 Å². The van der Waals surface area contributed by atoms with Crippen LogP contribution in [0, 0.1) is 0 Å². The van der Waals surface area contributed by atoms with Gasteiger partial charge < -0.3 is 4.74 Å². The molecule has 20 heavy (non-hydrogen) atoms. The lowest BCUT2D eigenvalue weighted by Crippen LogP contribution is -2.75. The number of nitrogens with one attached hydrogen (secondary N) is 1. The van der Waals surface area contributed by atoms with E-state index in [2.05, 4.69) is 5.16 Å². The average molecular weight is 291 g/mol. The van der Waals surface area contributed by atoms with E-state index in [-0.39, 0.29) is 0 Å². The summed E-state index contributed by atoms with van der Waals surface area (Å²) in [6, 6.07) is 11.0. The first-order chi connectivity index (χ1) is 9.69. The fraction of sp³-hybridized carbons (Fsp3) is 0.143. The summed E-state index contributed by atoms with van der Waals surface area (Å²) in [5.74, 6) is 0.696. The number of thiophene rings is 1. The summed E-state index contributed by atoms with van der Waals surface area (Å²) >= 11 is 1.31. The molecular weight excluding hydrogens is 276 g/mol. The highest BCUT2D eigenvalue weighted by atomic mass is 32.1. The molecule has 2 aromatic rings. The van der Waals surface area contributed by atoms with Gasteiger partial charge in [0.05, 0.1) is 13.5 Å². The third-order valence-corrected chi connectivity index (χ3v) is 3.40. The van der Waals surface area contributed by atoms with Gasteiger partial charge >= 0.3 is 5.97 Å². The van der Waals surface area contributed by atoms with Gasteiger partial charge in [0, 0.05) is 0 Å². The van der Waals surface area contributed by atoms with E-state index >= 15 is 0 Å². The van der Waals surface area contributed by atoms with Crippen molar-refractivity contribution in [2.24, 2.45) is 5.73 Å². The second kappa shape index (κ2) is 6.72. The van der Waals surface area contributed by atoms with Gasteiger partial charge in [0.2, 0.25) is 0 Å². The molecule has 6 heteroatoms. The number of carbonyl (C=O) groups is 1. The molecule has 0 aliphatic carbocycles. The molecule has 0 bridgehead atoms. The van der Waals surface area contributed by atoms with Crippen LogP contribution in [0.15, 0.2) is 41.8 Å². The smallest absolute Gasteiger partial charge is 0.397 e. The Labute approximate surface area is 120 Å². The van der Waals surface area contributed by atoms with Crippen molar-refractivity contribution in [3.63, 3.8) is 0 Å². The lowest BCUT2D eigenvalue weighted by Gasteiger charge is -2.01. The van der Waals surface area contributed by atoms with Gasteiger partial charge in [-0.05, 0) is 29.1 Å². The average Bonchev–Trinajstić information content (AvgIpc) is 3.00. The Morgan fingerprint density at radius 2 is 2.05 bits per heavy atom. The van der Waals surface area contributed by atoms with Crippen molar-refractivity contribution < 1.29 is 19.5 Å². The van der Waals surface area contributed by atoms with Crippen LogP contribution in [0.5, 0.6) is 5.75 Å². The van der Waals surface area contributed by atoms with Crippen LogP contribution < -0.4 is 15.6 Å². The van der Waals surface area contributed by atoms with E-state index < -0.39 is 5.97 Å². The van der Waals surface area contributed by atoms with Crippen molar-refractivity contribution >= 4 is 23.1 Å². The molecule has 0 amide bonds. The standard InChI is InChI=1S/C14H14N2O3S/c1-18-11-6-4-10(5-7-11)9-13(15)16-19-14(17)12-3-2-8-20-12/h2-8H,9H2,1H3,(H2,15,16)/p+1. The zero-order valence-corrected chi connectivity index (χ0v) is 11.8. The van der Waals surface area contributed by atoms with Gasteiger partial charge in [0.15, 0.2) is 0 Å². The SMILES string of the molecule is COc1ccc(CC(N)=[NH+]OC(=O)c2cccs2)cc1. The topological polar surface area (TPSA) is 75.5 Å². The van der Waals surface area contributed by atoms with E-state index in [9.17, 15) is 4.79 Å². The first-order valence-electron chi connectivity index (χ1n) is 5.94. The Morgan fingerprint density at radius 3 is 2.65 bits per heavy atom. The summed E-state index contributed by atoms with van der Waals surface area (Å²) in [6.45, 7) is 0. The van der Waals surface area contributed by atoms with E-state index in [4.69, 9.17) is 15.3 Å². The molecule has 3 N–H and O–H groups in total. The highest BCUT2D eigenvalue weighted by Crippen LogP contribution is 2.11. The van der Waals surface area contributed by atoms with Crippen LogP contribution in [0.2, 0.25) is 0 Å². The largest absolute Gasteiger partial charge is 0.497 e. The molecular formula is C14H15N2O3S+. The highest BCUT2D eigenvalue weighted by Gasteiger charge is 2.10. The number of hydrogen-bond acceptors (Lipinski definition) is 4. The molecule has 2 rings (SSSR count). The number of rotatable bonds is 5. The predicted octanol–water partition coefficient (Wildman–Crippen LogP) is 0.509. The molecule has 0 spiro atoms. The minimum absolute atomic E-state index is 0.361. The highest BCUT2D eigenvalue weighted by molar-refractivity contribution is 7.11. The summed E-state index contributed by atoms with van der Waals surface area (Å²) in [6.07, 6.45) is 0.460. The van der Waals surface area contributed by atoms with Gasteiger partial charge in [-0.3, -0.25) is 10.6 Å². The summed E-state index contributed by atoms with van der Waals surface area (Å²) < 4.78 is 5.07. The Kier molecular flexibility index (Phi) is 4.73. The van der Waals surface area contributed by atoms with Crippen LogP contribution in [0.3, 0.4) is 0 Å². The van der Waals surface area contributed by atoms with E-state index in [0.717, 1.165) is 11.3 Å².